The first-order chi connectivity index (χ1) is 23.0. The molecule has 1 saturated carbocycles. The van der Waals surface area contributed by atoms with E-state index in [2.05, 4.69) is 107 Å². The quantitative estimate of drug-likeness (QED) is 0.130. The second-order valence-electron chi connectivity index (χ2n) is 14.1. The van der Waals surface area contributed by atoms with E-state index < -0.39 is 6.10 Å². The predicted octanol–water partition coefficient (Wildman–Crippen LogP) is 8.29. The average Bonchev–Trinajstić information content (AvgIpc) is 4.03. The highest BCUT2D eigenvalue weighted by Crippen LogP contribution is 2.35. The third-order valence-corrected chi connectivity index (χ3v) is 9.32. The van der Waals surface area contributed by atoms with Gasteiger partial charge in [0, 0.05) is 17.9 Å². The summed E-state index contributed by atoms with van der Waals surface area (Å²) in [4.78, 5) is 0. The lowest BCUT2D eigenvalue weighted by Gasteiger charge is -2.26. The van der Waals surface area contributed by atoms with Gasteiger partial charge in [-0.25, -0.2) is 0 Å². The normalized spacial score (nSPS) is 16.4. The Balaban J connectivity index is 0.000000194. The summed E-state index contributed by atoms with van der Waals surface area (Å²) in [7, 11) is 1.56. The van der Waals surface area contributed by atoms with Crippen molar-refractivity contribution in [1.29, 1.82) is 0 Å². The van der Waals surface area contributed by atoms with E-state index in [9.17, 15) is 5.11 Å². The van der Waals surface area contributed by atoms with Crippen molar-refractivity contribution in [1.82, 2.24) is 0 Å². The van der Waals surface area contributed by atoms with Gasteiger partial charge >= 0.3 is 0 Å². The molecule has 1 aliphatic heterocycles. The predicted molar refractivity (Wildman–Crippen MR) is 192 cm³/mol. The van der Waals surface area contributed by atoms with Crippen LogP contribution in [0.5, 0.6) is 17.2 Å². The molecule has 1 aliphatic carbocycles. The molecule has 2 unspecified atom stereocenters. The van der Waals surface area contributed by atoms with E-state index in [1.54, 1.807) is 7.11 Å². The SMILES string of the molecule is COCC(O)COc1ccc(C(C)(C)c2ccc(OCC3CC3)cc2)cc1.Cc1ccc(C(C)(C)c2ccc(OCC3CO3)cc2)cc1. The summed E-state index contributed by atoms with van der Waals surface area (Å²) in [5.41, 5.74) is 6.23. The third-order valence-electron chi connectivity index (χ3n) is 9.32. The van der Waals surface area contributed by atoms with Gasteiger partial charge in [0.15, 0.2) is 0 Å². The summed E-state index contributed by atoms with van der Waals surface area (Å²) in [5.74, 6) is 3.36. The molecule has 1 saturated heterocycles. The van der Waals surface area contributed by atoms with Crippen LogP contribution in [0.1, 0.15) is 68.4 Å². The van der Waals surface area contributed by atoms with Crippen LogP contribution in [0.3, 0.4) is 0 Å². The Morgan fingerprint density at radius 1 is 0.625 bits per heavy atom. The summed E-state index contributed by atoms with van der Waals surface area (Å²) in [6, 6.07) is 33.7. The number of aryl methyl sites for hydroxylation is 1. The first kappa shape index (κ1) is 35.5. The lowest BCUT2D eigenvalue weighted by atomic mass is 9.78. The molecule has 2 aliphatic rings. The van der Waals surface area contributed by atoms with Gasteiger partial charge in [0.05, 0.1) is 19.8 Å². The van der Waals surface area contributed by atoms with Crippen molar-refractivity contribution in [3.05, 3.63) is 125 Å². The summed E-state index contributed by atoms with van der Waals surface area (Å²) < 4.78 is 27.2. The summed E-state index contributed by atoms with van der Waals surface area (Å²) >= 11 is 0. The van der Waals surface area contributed by atoms with Crippen LogP contribution >= 0.6 is 0 Å². The molecule has 0 aromatic heterocycles. The van der Waals surface area contributed by atoms with E-state index in [-0.39, 0.29) is 24.0 Å². The molecule has 1 N–H and O–H groups in total. The van der Waals surface area contributed by atoms with Gasteiger partial charge in [-0.3, -0.25) is 0 Å². The monoisotopic (exact) mass is 652 g/mol. The maximum atomic E-state index is 9.68. The Labute approximate surface area is 287 Å². The van der Waals surface area contributed by atoms with Gasteiger partial charge in [-0.05, 0) is 84.3 Å². The molecule has 0 bridgehead atoms. The number of ether oxygens (including phenoxy) is 5. The van der Waals surface area contributed by atoms with Gasteiger partial charge in [-0.15, -0.1) is 0 Å². The first-order valence-electron chi connectivity index (χ1n) is 17.1. The van der Waals surface area contributed by atoms with Crippen LogP contribution in [-0.2, 0) is 20.3 Å². The molecule has 4 aromatic carbocycles. The zero-order valence-electron chi connectivity index (χ0n) is 29.4. The molecule has 256 valence electrons. The minimum absolute atomic E-state index is 0.00810. The number of aliphatic hydroxyl groups excluding tert-OH is 1. The van der Waals surface area contributed by atoms with Crippen molar-refractivity contribution < 1.29 is 28.8 Å². The second kappa shape index (κ2) is 16.0. The highest BCUT2D eigenvalue weighted by Gasteiger charge is 2.26. The fourth-order valence-corrected chi connectivity index (χ4v) is 5.49. The van der Waals surface area contributed by atoms with Gasteiger partial charge < -0.3 is 28.8 Å². The zero-order chi connectivity index (χ0) is 34.1. The van der Waals surface area contributed by atoms with Gasteiger partial charge in [0.2, 0.25) is 0 Å². The Bertz CT molecular complexity index is 1530. The molecule has 4 aromatic rings. The summed E-state index contributed by atoms with van der Waals surface area (Å²) in [5, 5.41) is 9.68. The Kier molecular flexibility index (Phi) is 11.9. The minimum atomic E-state index is -0.619. The van der Waals surface area contributed by atoms with Crippen LogP contribution in [0.25, 0.3) is 0 Å². The number of rotatable bonds is 15. The molecule has 6 nitrogen and oxygen atoms in total. The number of aliphatic hydroxyl groups is 1. The molecular formula is C42H52O6. The number of hydrogen-bond acceptors (Lipinski definition) is 6. The molecule has 48 heavy (non-hydrogen) atoms. The van der Waals surface area contributed by atoms with Crippen LogP contribution in [0.2, 0.25) is 0 Å². The molecular weight excluding hydrogens is 600 g/mol. The number of hydrogen-bond donors (Lipinski definition) is 1. The number of epoxide rings is 1. The highest BCUT2D eigenvalue weighted by molar-refractivity contribution is 5.42. The average molecular weight is 653 g/mol. The van der Waals surface area contributed by atoms with Crippen molar-refractivity contribution in [3.63, 3.8) is 0 Å². The molecule has 2 atom stereocenters. The third kappa shape index (κ3) is 10.1. The standard InChI is InChI=1S/C23H30O4.C19H22O2/c1-23(2,18-6-10-21(11-7-18)26-14-17-4-5-17)19-8-12-22(13-9-19)27-16-20(24)15-25-3;1-14-4-6-15(7-5-14)19(2,3)16-8-10-17(11-9-16)20-12-18-13-21-18/h6-13,17,20,24H,4-5,14-16H2,1-3H3;4-11,18H,12-13H2,1-3H3. The van der Waals surface area contributed by atoms with Crippen molar-refractivity contribution in [2.75, 3.05) is 40.1 Å². The van der Waals surface area contributed by atoms with Crippen LogP contribution in [0.15, 0.2) is 97.1 Å². The molecule has 6 rings (SSSR count). The maximum absolute atomic E-state index is 9.68. The maximum Gasteiger partial charge on any atom is 0.119 e. The summed E-state index contributed by atoms with van der Waals surface area (Å²) in [6.07, 6.45) is 2.28. The van der Waals surface area contributed by atoms with Gasteiger partial charge in [-0.2, -0.15) is 0 Å². The minimum Gasteiger partial charge on any atom is -0.493 e. The lowest BCUT2D eigenvalue weighted by molar-refractivity contribution is 0.0325. The highest BCUT2D eigenvalue weighted by atomic mass is 16.6. The van der Waals surface area contributed by atoms with E-state index in [4.69, 9.17) is 23.7 Å². The van der Waals surface area contributed by atoms with E-state index in [0.29, 0.717) is 12.7 Å². The van der Waals surface area contributed by atoms with Crippen molar-refractivity contribution in [3.8, 4) is 17.2 Å². The van der Waals surface area contributed by atoms with Crippen molar-refractivity contribution in [2.24, 2.45) is 5.92 Å². The molecule has 6 heteroatoms. The molecule has 2 fully saturated rings. The number of methoxy groups -OCH3 is 1. The van der Waals surface area contributed by atoms with E-state index in [1.165, 1.54) is 40.7 Å². The molecule has 0 amide bonds. The Morgan fingerprint density at radius 2 is 1.02 bits per heavy atom. The lowest BCUT2D eigenvalue weighted by Crippen LogP contribution is -2.22. The second-order valence-corrected chi connectivity index (χ2v) is 14.1. The van der Waals surface area contributed by atoms with E-state index in [1.807, 2.05) is 24.3 Å². The summed E-state index contributed by atoms with van der Waals surface area (Å²) in [6.45, 7) is 13.9. The van der Waals surface area contributed by atoms with Crippen molar-refractivity contribution in [2.45, 2.75) is 70.5 Å². The van der Waals surface area contributed by atoms with Crippen molar-refractivity contribution >= 4 is 0 Å². The van der Waals surface area contributed by atoms with E-state index in [0.717, 1.165) is 36.4 Å². The van der Waals surface area contributed by atoms with Crippen LogP contribution in [0.4, 0.5) is 0 Å². The fraction of sp³-hybridized carbons (Fsp3) is 0.429. The Hall–Kier alpha value is -3.84. The smallest absolute Gasteiger partial charge is 0.119 e. The Morgan fingerprint density at radius 3 is 1.42 bits per heavy atom. The largest absolute Gasteiger partial charge is 0.493 e. The van der Waals surface area contributed by atoms with Crippen LogP contribution in [-0.4, -0.2) is 57.5 Å². The first-order valence-corrected chi connectivity index (χ1v) is 17.1. The van der Waals surface area contributed by atoms with Crippen LogP contribution in [0, 0.1) is 12.8 Å². The van der Waals surface area contributed by atoms with Gasteiger partial charge in [0.1, 0.15) is 42.7 Å². The van der Waals surface area contributed by atoms with Gasteiger partial charge in [-0.1, -0.05) is 93.9 Å². The van der Waals surface area contributed by atoms with Gasteiger partial charge in [0.25, 0.3) is 0 Å². The topological polar surface area (TPSA) is 69.7 Å². The van der Waals surface area contributed by atoms with Crippen LogP contribution < -0.4 is 14.2 Å². The fourth-order valence-electron chi connectivity index (χ4n) is 5.49. The molecule has 0 radical (unpaired) electrons. The van der Waals surface area contributed by atoms with E-state index >= 15 is 0 Å². The number of benzene rings is 4. The molecule has 1 heterocycles. The molecule has 0 spiro atoms. The zero-order valence-corrected chi connectivity index (χ0v) is 29.4.